The van der Waals surface area contributed by atoms with Gasteiger partial charge in [0.05, 0.1) is 0 Å². The summed E-state index contributed by atoms with van der Waals surface area (Å²) in [5, 5.41) is 0. The van der Waals surface area contributed by atoms with Crippen LogP contribution in [-0.4, -0.2) is 5.88 Å². The number of halogens is 1. The van der Waals surface area contributed by atoms with Crippen LogP contribution in [-0.2, 0) is 5.41 Å². The molecule has 70 valence electrons. The molecule has 0 N–H and O–H groups in total. The summed E-state index contributed by atoms with van der Waals surface area (Å²) in [6.07, 6.45) is 1.25. The van der Waals surface area contributed by atoms with E-state index in [-0.39, 0.29) is 0 Å². The van der Waals surface area contributed by atoms with Gasteiger partial charge < -0.3 is 0 Å². The Morgan fingerprint density at radius 1 is 1.38 bits per heavy atom. The van der Waals surface area contributed by atoms with Crippen molar-refractivity contribution in [2.45, 2.75) is 25.7 Å². The first-order chi connectivity index (χ1) is 6.16. The summed E-state index contributed by atoms with van der Waals surface area (Å²) >= 11 is 5.86. The number of hydrogen-bond donors (Lipinski definition) is 0. The summed E-state index contributed by atoms with van der Waals surface area (Å²) in [5.74, 6) is 1.49. The first-order valence-corrected chi connectivity index (χ1v) is 5.33. The van der Waals surface area contributed by atoms with Crippen molar-refractivity contribution in [2.24, 2.45) is 5.92 Å². The Bertz CT molecular complexity index is 301. The molecule has 0 spiro atoms. The van der Waals surface area contributed by atoms with Gasteiger partial charge in [-0.1, -0.05) is 36.8 Å². The van der Waals surface area contributed by atoms with Crippen LogP contribution >= 0.6 is 11.6 Å². The van der Waals surface area contributed by atoms with Gasteiger partial charge in [0.25, 0.3) is 0 Å². The second-order valence-electron chi connectivity index (χ2n) is 4.34. The summed E-state index contributed by atoms with van der Waals surface area (Å²) in [7, 11) is 0. The van der Waals surface area contributed by atoms with Gasteiger partial charge >= 0.3 is 0 Å². The van der Waals surface area contributed by atoms with Crippen molar-refractivity contribution in [1.29, 1.82) is 0 Å². The predicted octanol–water partition coefficient (Wildman–Crippen LogP) is 3.51. The smallest absolute Gasteiger partial charge is 0.0260 e. The molecule has 1 saturated carbocycles. The molecule has 0 heterocycles. The largest absolute Gasteiger partial charge is 0.126 e. The second kappa shape index (κ2) is 3.02. The Kier molecular flexibility index (Phi) is 2.11. The highest BCUT2D eigenvalue weighted by atomic mass is 35.5. The molecule has 1 aromatic rings. The Balaban J connectivity index is 2.23. The minimum absolute atomic E-state index is 0.370. The van der Waals surface area contributed by atoms with Crippen LogP contribution in [0.4, 0.5) is 0 Å². The Morgan fingerprint density at radius 2 is 2.00 bits per heavy atom. The zero-order chi connectivity index (χ0) is 9.47. The van der Waals surface area contributed by atoms with E-state index in [1.807, 2.05) is 0 Å². The van der Waals surface area contributed by atoms with E-state index in [0.29, 0.717) is 11.3 Å². The van der Waals surface area contributed by atoms with Crippen molar-refractivity contribution in [3.8, 4) is 0 Å². The van der Waals surface area contributed by atoms with Gasteiger partial charge in [0.1, 0.15) is 0 Å². The molecule has 0 amide bonds. The molecule has 2 unspecified atom stereocenters. The fourth-order valence-electron chi connectivity index (χ4n) is 1.97. The van der Waals surface area contributed by atoms with Gasteiger partial charge in [0.15, 0.2) is 0 Å². The van der Waals surface area contributed by atoms with Crippen LogP contribution in [0.3, 0.4) is 0 Å². The lowest BCUT2D eigenvalue weighted by molar-refractivity contribution is 0.705. The van der Waals surface area contributed by atoms with E-state index in [1.54, 1.807) is 0 Å². The zero-order valence-corrected chi connectivity index (χ0v) is 8.93. The molecule has 13 heavy (non-hydrogen) atoms. The first-order valence-electron chi connectivity index (χ1n) is 4.80. The molecule has 0 nitrogen and oxygen atoms in total. The Hall–Kier alpha value is -0.490. The second-order valence-corrected chi connectivity index (χ2v) is 4.65. The summed E-state index contributed by atoms with van der Waals surface area (Å²) in [4.78, 5) is 0. The highest BCUT2D eigenvalue weighted by Gasteiger charge is 2.50. The molecule has 0 aliphatic heterocycles. The molecule has 1 aromatic carbocycles. The highest BCUT2D eigenvalue weighted by Crippen LogP contribution is 2.54. The van der Waals surface area contributed by atoms with Crippen molar-refractivity contribution in [2.75, 3.05) is 5.88 Å². The monoisotopic (exact) mass is 194 g/mol. The van der Waals surface area contributed by atoms with Gasteiger partial charge in [-0.15, -0.1) is 11.6 Å². The maximum Gasteiger partial charge on any atom is 0.0260 e. The van der Waals surface area contributed by atoms with E-state index in [9.17, 15) is 0 Å². The number of alkyl halides is 1. The molecule has 2 atom stereocenters. The van der Waals surface area contributed by atoms with Crippen LogP contribution < -0.4 is 0 Å². The van der Waals surface area contributed by atoms with Crippen LogP contribution in [0.5, 0.6) is 0 Å². The van der Waals surface area contributed by atoms with E-state index in [2.05, 4.69) is 38.1 Å². The quantitative estimate of drug-likeness (QED) is 0.633. The molecule has 1 aliphatic carbocycles. The first kappa shape index (κ1) is 9.08. The molecule has 1 fully saturated rings. The van der Waals surface area contributed by atoms with E-state index in [0.717, 1.165) is 5.88 Å². The summed E-state index contributed by atoms with van der Waals surface area (Å²) in [6, 6.07) is 8.85. The average Bonchev–Trinajstić information content (AvgIpc) is 2.80. The summed E-state index contributed by atoms with van der Waals surface area (Å²) in [6.45, 7) is 4.43. The van der Waals surface area contributed by atoms with Crippen LogP contribution in [0.1, 0.15) is 24.5 Å². The van der Waals surface area contributed by atoms with Gasteiger partial charge in [-0.25, -0.2) is 0 Å². The minimum atomic E-state index is 0.370. The third-order valence-electron chi connectivity index (χ3n) is 3.31. The van der Waals surface area contributed by atoms with Crippen LogP contribution in [0, 0.1) is 12.8 Å². The molecule has 0 aromatic heterocycles. The van der Waals surface area contributed by atoms with Crippen molar-refractivity contribution in [1.82, 2.24) is 0 Å². The predicted molar refractivity (Wildman–Crippen MR) is 57.4 cm³/mol. The molecule has 0 saturated heterocycles. The van der Waals surface area contributed by atoms with Crippen LogP contribution in [0.25, 0.3) is 0 Å². The van der Waals surface area contributed by atoms with Gasteiger partial charge in [-0.05, 0) is 30.2 Å². The molecular weight excluding hydrogens is 180 g/mol. The number of hydrogen-bond acceptors (Lipinski definition) is 0. The molecule has 0 bridgehead atoms. The average molecular weight is 195 g/mol. The van der Waals surface area contributed by atoms with E-state index < -0.39 is 0 Å². The fourth-order valence-corrected chi connectivity index (χ4v) is 2.42. The lowest BCUT2D eigenvalue weighted by Gasteiger charge is -2.10. The lowest BCUT2D eigenvalue weighted by atomic mass is 9.95. The molecular formula is C12H15Cl. The van der Waals surface area contributed by atoms with E-state index >= 15 is 0 Å². The number of rotatable bonds is 2. The maximum atomic E-state index is 5.86. The van der Waals surface area contributed by atoms with Gasteiger partial charge in [-0.2, -0.15) is 0 Å². The summed E-state index contributed by atoms with van der Waals surface area (Å²) in [5.41, 5.74) is 3.15. The third kappa shape index (κ3) is 1.48. The molecule has 1 aliphatic rings. The number of benzene rings is 1. The lowest BCUT2D eigenvalue weighted by Crippen LogP contribution is -2.04. The Labute approximate surface area is 84.9 Å². The van der Waals surface area contributed by atoms with Gasteiger partial charge in [-0.3, -0.25) is 0 Å². The standard InChI is InChI=1S/C12H15Cl/c1-9-3-5-10(6-4-9)12(2)7-11(12)8-13/h3-6,11H,7-8H2,1-2H3. The van der Waals surface area contributed by atoms with Crippen molar-refractivity contribution < 1.29 is 0 Å². The topological polar surface area (TPSA) is 0 Å². The van der Waals surface area contributed by atoms with Crippen molar-refractivity contribution in [3.05, 3.63) is 35.4 Å². The minimum Gasteiger partial charge on any atom is -0.126 e. The molecule has 2 rings (SSSR count). The fraction of sp³-hybridized carbons (Fsp3) is 0.500. The summed E-state index contributed by atoms with van der Waals surface area (Å²) < 4.78 is 0. The maximum absolute atomic E-state index is 5.86. The highest BCUT2D eigenvalue weighted by molar-refractivity contribution is 6.18. The van der Waals surface area contributed by atoms with Crippen molar-refractivity contribution >= 4 is 11.6 Å². The van der Waals surface area contributed by atoms with Gasteiger partial charge in [0.2, 0.25) is 0 Å². The number of aryl methyl sites for hydroxylation is 1. The zero-order valence-electron chi connectivity index (χ0n) is 8.18. The third-order valence-corrected chi connectivity index (χ3v) is 3.68. The molecule has 0 radical (unpaired) electrons. The van der Waals surface area contributed by atoms with Crippen LogP contribution in [0.2, 0.25) is 0 Å². The van der Waals surface area contributed by atoms with Crippen LogP contribution in [0.15, 0.2) is 24.3 Å². The van der Waals surface area contributed by atoms with E-state index in [4.69, 9.17) is 11.6 Å². The van der Waals surface area contributed by atoms with Gasteiger partial charge in [0, 0.05) is 5.88 Å². The SMILES string of the molecule is Cc1ccc(C2(C)CC2CCl)cc1. The van der Waals surface area contributed by atoms with Crippen molar-refractivity contribution in [3.63, 3.8) is 0 Å². The van der Waals surface area contributed by atoms with E-state index in [1.165, 1.54) is 17.5 Å². The molecule has 1 heteroatoms. The Morgan fingerprint density at radius 3 is 2.46 bits per heavy atom. The normalized spacial score (nSPS) is 31.8.